The van der Waals surface area contributed by atoms with Gasteiger partial charge >= 0.3 is 5.97 Å². The molecule has 0 aromatic heterocycles. The van der Waals surface area contributed by atoms with Crippen LogP contribution in [0.3, 0.4) is 0 Å². The number of aromatic carboxylic acids is 1. The number of benzene rings is 1. The number of sulfonamides is 1. The maximum atomic E-state index is 12.4. The first-order valence-electron chi connectivity index (χ1n) is 7.17. The van der Waals surface area contributed by atoms with Gasteiger partial charge in [0.05, 0.1) is 10.5 Å². The molecule has 0 saturated heterocycles. The fraction of sp³-hybridized carbons (Fsp3) is 0.533. The Hall–Kier alpha value is -1.40. The zero-order chi connectivity index (χ0) is 15.6. The van der Waals surface area contributed by atoms with Crippen LogP contribution in [0.25, 0.3) is 0 Å². The highest BCUT2D eigenvalue weighted by molar-refractivity contribution is 7.89. The van der Waals surface area contributed by atoms with E-state index in [1.54, 1.807) is 0 Å². The molecule has 1 fully saturated rings. The van der Waals surface area contributed by atoms with Crippen molar-refractivity contribution in [3.05, 3.63) is 29.8 Å². The molecule has 0 amide bonds. The van der Waals surface area contributed by atoms with E-state index in [1.165, 1.54) is 24.3 Å². The van der Waals surface area contributed by atoms with Crippen LogP contribution in [0.5, 0.6) is 0 Å². The average Bonchev–Trinajstić information content (AvgIpc) is 2.44. The van der Waals surface area contributed by atoms with Gasteiger partial charge in [0.15, 0.2) is 0 Å². The predicted molar refractivity (Wildman–Crippen MR) is 79.7 cm³/mol. The van der Waals surface area contributed by atoms with Gasteiger partial charge in [-0.25, -0.2) is 17.9 Å². The van der Waals surface area contributed by atoms with E-state index in [0.717, 1.165) is 19.3 Å². The third-order valence-electron chi connectivity index (χ3n) is 4.40. The largest absolute Gasteiger partial charge is 0.478 e. The molecule has 0 radical (unpaired) electrons. The fourth-order valence-corrected chi connectivity index (χ4v) is 4.22. The lowest BCUT2D eigenvalue weighted by molar-refractivity contribution is 0.0696. The first-order chi connectivity index (χ1) is 9.81. The third-order valence-corrected chi connectivity index (χ3v) is 5.89. The summed E-state index contributed by atoms with van der Waals surface area (Å²) < 4.78 is 27.6. The minimum absolute atomic E-state index is 0.00725. The normalized spacial score (nSPS) is 26.5. The molecule has 0 spiro atoms. The molecule has 1 aliphatic rings. The smallest absolute Gasteiger partial charge is 0.335 e. The zero-order valence-electron chi connectivity index (χ0n) is 12.2. The van der Waals surface area contributed by atoms with Gasteiger partial charge in [-0.3, -0.25) is 0 Å². The summed E-state index contributed by atoms with van der Waals surface area (Å²) in [6.07, 6.45) is 2.95. The van der Waals surface area contributed by atoms with Gasteiger partial charge in [-0.2, -0.15) is 0 Å². The first-order valence-corrected chi connectivity index (χ1v) is 8.65. The van der Waals surface area contributed by atoms with E-state index < -0.39 is 16.0 Å². The van der Waals surface area contributed by atoms with Gasteiger partial charge in [0.1, 0.15) is 0 Å². The van der Waals surface area contributed by atoms with Crippen molar-refractivity contribution in [3.63, 3.8) is 0 Å². The highest BCUT2D eigenvalue weighted by atomic mass is 32.2. The van der Waals surface area contributed by atoms with Crippen LogP contribution in [-0.2, 0) is 10.0 Å². The van der Waals surface area contributed by atoms with E-state index in [4.69, 9.17) is 5.11 Å². The van der Waals surface area contributed by atoms with Crippen LogP contribution in [0.2, 0.25) is 0 Å². The van der Waals surface area contributed by atoms with Gasteiger partial charge in [0.25, 0.3) is 0 Å². The molecule has 3 atom stereocenters. The van der Waals surface area contributed by atoms with Gasteiger partial charge < -0.3 is 5.11 Å². The first kappa shape index (κ1) is 16.0. The molecule has 0 aliphatic heterocycles. The van der Waals surface area contributed by atoms with Crippen molar-refractivity contribution in [3.8, 4) is 0 Å². The molecule has 1 aromatic carbocycles. The Balaban J connectivity index is 2.22. The molecule has 5 nitrogen and oxygen atoms in total. The van der Waals surface area contributed by atoms with Crippen LogP contribution in [-0.4, -0.2) is 25.5 Å². The van der Waals surface area contributed by atoms with Crippen molar-refractivity contribution in [2.75, 3.05) is 0 Å². The Kier molecular flexibility index (Phi) is 4.68. The van der Waals surface area contributed by atoms with Crippen molar-refractivity contribution >= 4 is 16.0 Å². The van der Waals surface area contributed by atoms with Crippen LogP contribution in [0.4, 0.5) is 0 Å². The molecule has 0 unspecified atom stereocenters. The van der Waals surface area contributed by atoms with Crippen molar-refractivity contribution in [2.24, 2.45) is 11.8 Å². The molecule has 1 aliphatic carbocycles. The lowest BCUT2D eigenvalue weighted by Crippen LogP contribution is -2.43. The molecule has 1 aromatic rings. The lowest BCUT2D eigenvalue weighted by atomic mass is 9.78. The maximum Gasteiger partial charge on any atom is 0.335 e. The molecule has 2 rings (SSSR count). The second-order valence-corrected chi connectivity index (χ2v) is 7.54. The molecule has 6 heteroatoms. The molecule has 0 bridgehead atoms. The summed E-state index contributed by atoms with van der Waals surface area (Å²) in [6, 6.07) is 5.36. The summed E-state index contributed by atoms with van der Waals surface area (Å²) in [7, 11) is -3.69. The Morgan fingerprint density at radius 1 is 1.29 bits per heavy atom. The summed E-state index contributed by atoms with van der Waals surface area (Å²) in [5.41, 5.74) is -0.0251. The minimum Gasteiger partial charge on any atom is -0.478 e. The third kappa shape index (κ3) is 3.63. The molecule has 21 heavy (non-hydrogen) atoms. The molecular formula is C15H21NO4S. The van der Waals surface area contributed by atoms with E-state index in [0.29, 0.717) is 5.92 Å². The van der Waals surface area contributed by atoms with Crippen LogP contribution >= 0.6 is 0 Å². The summed E-state index contributed by atoms with van der Waals surface area (Å²) >= 11 is 0. The Labute approximate surface area is 125 Å². The Morgan fingerprint density at radius 3 is 2.67 bits per heavy atom. The molecule has 2 N–H and O–H groups in total. The number of carboxylic acid groups (broad SMARTS) is 1. The summed E-state index contributed by atoms with van der Waals surface area (Å²) in [6.45, 7) is 4.20. The molecule has 1 saturated carbocycles. The van der Waals surface area contributed by atoms with E-state index in [1.807, 2.05) is 0 Å². The van der Waals surface area contributed by atoms with Gasteiger partial charge in [-0.15, -0.1) is 0 Å². The second-order valence-electron chi connectivity index (χ2n) is 5.83. The van der Waals surface area contributed by atoms with E-state index >= 15 is 0 Å². The molecule has 116 valence electrons. The van der Waals surface area contributed by atoms with Crippen LogP contribution in [0, 0.1) is 11.8 Å². The van der Waals surface area contributed by atoms with Crippen LogP contribution in [0.15, 0.2) is 29.2 Å². The number of nitrogens with one attached hydrogen (secondary N) is 1. The zero-order valence-corrected chi connectivity index (χ0v) is 13.1. The summed E-state index contributed by atoms with van der Waals surface area (Å²) in [4.78, 5) is 11.0. The number of carbonyl (C=O) groups is 1. The average molecular weight is 311 g/mol. The summed E-state index contributed by atoms with van der Waals surface area (Å²) in [5, 5.41) is 8.96. The van der Waals surface area contributed by atoms with Gasteiger partial charge in [-0.1, -0.05) is 32.8 Å². The van der Waals surface area contributed by atoms with E-state index in [2.05, 4.69) is 18.6 Å². The van der Waals surface area contributed by atoms with Crippen molar-refractivity contribution in [1.29, 1.82) is 0 Å². The Morgan fingerprint density at radius 2 is 2.00 bits per heavy atom. The SMILES string of the molecule is C[C@H]1[C@H](C)CCC[C@H]1NS(=O)(=O)c1cccc(C(=O)O)c1. The highest BCUT2D eigenvalue weighted by Gasteiger charge is 2.30. The van der Waals surface area contributed by atoms with Crippen LogP contribution in [0.1, 0.15) is 43.5 Å². The second kappa shape index (κ2) is 6.15. The molecular weight excluding hydrogens is 290 g/mol. The number of hydrogen-bond acceptors (Lipinski definition) is 3. The minimum atomic E-state index is -3.69. The monoisotopic (exact) mass is 311 g/mol. The molecule has 0 heterocycles. The standard InChI is InChI=1S/C15H21NO4S/c1-10-5-3-8-14(11(10)2)16-21(19,20)13-7-4-6-12(9-13)15(17)18/h4,6-7,9-11,14,16H,3,5,8H2,1-2H3,(H,17,18)/t10-,11+,14-/m1/s1. The van der Waals surface area contributed by atoms with Crippen molar-refractivity contribution in [2.45, 2.75) is 44.0 Å². The van der Waals surface area contributed by atoms with E-state index in [-0.39, 0.29) is 22.4 Å². The van der Waals surface area contributed by atoms with Crippen LogP contribution < -0.4 is 4.72 Å². The number of carboxylic acids is 1. The number of hydrogen-bond donors (Lipinski definition) is 2. The van der Waals surface area contributed by atoms with Crippen molar-refractivity contribution < 1.29 is 18.3 Å². The predicted octanol–water partition coefficient (Wildman–Crippen LogP) is 2.49. The topological polar surface area (TPSA) is 83.5 Å². The number of rotatable bonds is 4. The van der Waals surface area contributed by atoms with Gasteiger partial charge in [0.2, 0.25) is 10.0 Å². The van der Waals surface area contributed by atoms with Gasteiger partial charge in [-0.05, 0) is 36.5 Å². The quantitative estimate of drug-likeness (QED) is 0.895. The maximum absolute atomic E-state index is 12.4. The lowest BCUT2D eigenvalue weighted by Gasteiger charge is -2.34. The summed E-state index contributed by atoms with van der Waals surface area (Å²) in [5.74, 6) is -0.375. The van der Waals surface area contributed by atoms with Crippen molar-refractivity contribution in [1.82, 2.24) is 4.72 Å². The van der Waals surface area contributed by atoms with Gasteiger partial charge in [0, 0.05) is 6.04 Å². The highest BCUT2D eigenvalue weighted by Crippen LogP contribution is 2.30. The van der Waals surface area contributed by atoms with E-state index in [9.17, 15) is 13.2 Å². The fourth-order valence-electron chi connectivity index (χ4n) is 2.81. The Bertz CT molecular complexity index is 626.